The van der Waals surface area contributed by atoms with Crippen LogP contribution in [0.1, 0.15) is 24.2 Å². The molecule has 0 amide bonds. The highest BCUT2D eigenvalue weighted by Crippen LogP contribution is 2.33. The maximum Gasteiger partial charge on any atom is 0.418 e. The Kier molecular flexibility index (Phi) is 3.16. The van der Waals surface area contributed by atoms with Crippen molar-refractivity contribution in [3.8, 4) is 0 Å². The molecule has 0 radical (unpaired) electrons. The van der Waals surface area contributed by atoms with Crippen LogP contribution in [0.4, 0.5) is 13.2 Å². The number of hydrogen-bond acceptors (Lipinski definition) is 1. The van der Waals surface area contributed by atoms with Gasteiger partial charge in [0.1, 0.15) is 0 Å². The topological polar surface area (TPSA) is 20.2 Å². The molecule has 78 valence electrons. The van der Waals surface area contributed by atoms with Crippen LogP contribution < -0.4 is 0 Å². The van der Waals surface area contributed by atoms with Gasteiger partial charge in [-0.2, -0.15) is 13.2 Å². The Balaban J connectivity index is 3.06. The minimum atomic E-state index is -4.59. The molecule has 1 nitrogen and oxygen atoms in total. The quantitative estimate of drug-likeness (QED) is 0.785. The molecule has 0 saturated heterocycles. The van der Waals surface area contributed by atoms with Crippen LogP contribution in [0.15, 0.2) is 24.3 Å². The van der Waals surface area contributed by atoms with E-state index in [-0.39, 0.29) is 5.56 Å². The molecule has 1 aromatic rings. The lowest BCUT2D eigenvalue weighted by Crippen LogP contribution is -2.21. The number of aliphatic hydroxyl groups is 1. The molecule has 1 atom stereocenters. The fourth-order valence-electron chi connectivity index (χ4n) is 1.30. The SMILES string of the molecule is CCc1ccccc1[C@@H](O)C(F)(F)F. The van der Waals surface area contributed by atoms with E-state index in [4.69, 9.17) is 5.11 Å². The van der Waals surface area contributed by atoms with Crippen molar-refractivity contribution < 1.29 is 18.3 Å². The molecule has 14 heavy (non-hydrogen) atoms. The molecule has 0 aliphatic heterocycles. The number of hydrogen-bond donors (Lipinski definition) is 1. The second kappa shape index (κ2) is 4.00. The van der Waals surface area contributed by atoms with Gasteiger partial charge in [0, 0.05) is 0 Å². The van der Waals surface area contributed by atoms with Gasteiger partial charge >= 0.3 is 6.18 Å². The Morgan fingerprint density at radius 3 is 2.36 bits per heavy atom. The van der Waals surface area contributed by atoms with Crippen LogP contribution in [0.5, 0.6) is 0 Å². The van der Waals surface area contributed by atoms with E-state index in [1.165, 1.54) is 12.1 Å². The highest BCUT2D eigenvalue weighted by molar-refractivity contribution is 5.29. The first-order chi connectivity index (χ1) is 6.46. The zero-order valence-electron chi connectivity index (χ0n) is 7.67. The standard InChI is InChI=1S/C10H11F3O/c1-2-7-5-3-4-6-8(7)9(14)10(11,12)13/h3-6,9,14H,2H2,1H3/t9-/m1/s1. The van der Waals surface area contributed by atoms with E-state index >= 15 is 0 Å². The monoisotopic (exact) mass is 204 g/mol. The third kappa shape index (κ3) is 2.26. The minimum Gasteiger partial charge on any atom is -0.379 e. The molecule has 0 heterocycles. The van der Waals surface area contributed by atoms with Crippen molar-refractivity contribution in [3.05, 3.63) is 35.4 Å². The third-order valence-electron chi connectivity index (χ3n) is 2.04. The van der Waals surface area contributed by atoms with E-state index in [0.29, 0.717) is 12.0 Å². The molecular formula is C10H11F3O. The van der Waals surface area contributed by atoms with E-state index in [9.17, 15) is 13.2 Å². The predicted octanol–water partition coefficient (Wildman–Crippen LogP) is 2.84. The average molecular weight is 204 g/mol. The molecule has 4 heteroatoms. The van der Waals surface area contributed by atoms with Crippen molar-refractivity contribution in [1.82, 2.24) is 0 Å². The summed E-state index contributed by atoms with van der Waals surface area (Å²) in [7, 11) is 0. The normalized spacial score (nSPS) is 14.1. The highest BCUT2D eigenvalue weighted by atomic mass is 19.4. The highest BCUT2D eigenvalue weighted by Gasteiger charge is 2.40. The van der Waals surface area contributed by atoms with Crippen LogP contribution in [-0.2, 0) is 6.42 Å². The molecule has 1 aromatic carbocycles. The maximum atomic E-state index is 12.2. The Hall–Kier alpha value is -1.03. The van der Waals surface area contributed by atoms with Crippen molar-refractivity contribution in [2.75, 3.05) is 0 Å². The number of aryl methyl sites for hydroxylation is 1. The van der Waals surface area contributed by atoms with E-state index in [0.717, 1.165) is 0 Å². The molecule has 0 fully saturated rings. The van der Waals surface area contributed by atoms with Gasteiger partial charge in [-0.3, -0.25) is 0 Å². The fourth-order valence-corrected chi connectivity index (χ4v) is 1.30. The molecule has 0 spiro atoms. The van der Waals surface area contributed by atoms with Gasteiger partial charge in [-0.25, -0.2) is 0 Å². The van der Waals surface area contributed by atoms with E-state index in [1.807, 2.05) is 0 Å². The first kappa shape index (κ1) is 11.0. The van der Waals surface area contributed by atoms with Crippen LogP contribution in [0.3, 0.4) is 0 Å². The predicted molar refractivity (Wildman–Crippen MR) is 46.8 cm³/mol. The van der Waals surface area contributed by atoms with Gasteiger partial charge in [0.15, 0.2) is 6.10 Å². The van der Waals surface area contributed by atoms with E-state index in [2.05, 4.69) is 0 Å². The maximum absolute atomic E-state index is 12.2. The number of aliphatic hydroxyl groups excluding tert-OH is 1. The zero-order valence-corrected chi connectivity index (χ0v) is 7.67. The lowest BCUT2D eigenvalue weighted by Gasteiger charge is -2.17. The molecule has 0 saturated carbocycles. The Labute approximate surface area is 80.2 Å². The summed E-state index contributed by atoms with van der Waals surface area (Å²) in [5.74, 6) is 0. The van der Waals surface area contributed by atoms with Crippen molar-refractivity contribution in [3.63, 3.8) is 0 Å². The Morgan fingerprint density at radius 2 is 1.86 bits per heavy atom. The number of benzene rings is 1. The molecule has 0 aliphatic carbocycles. The van der Waals surface area contributed by atoms with Gasteiger partial charge < -0.3 is 5.11 Å². The van der Waals surface area contributed by atoms with Crippen molar-refractivity contribution in [1.29, 1.82) is 0 Å². The molecular weight excluding hydrogens is 193 g/mol. The van der Waals surface area contributed by atoms with Crippen LogP contribution in [0.25, 0.3) is 0 Å². The Bertz CT molecular complexity index is 306. The van der Waals surface area contributed by atoms with Crippen LogP contribution in [-0.4, -0.2) is 11.3 Å². The summed E-state index contributed by atoms with van der Waals surface area (Å²) in [6, 6.07) is 6.04. The first-order valence-corrected chi connectivity index (χ1v) is 4.29. The molecule has 0 bridgehead atoms. The van der Waals surface area contributed by atoms with Gasteiger partial charge in [0.2, 0.25) is 0 Å². The van der Waals surface area contributed by atoms with Crippen molar-refractivity contribution in [2.45, 2.75) is 25.6 Å². The molecule has 0 aliphatic rings. The molecule has 0 unspecified atom stereocenters. The number of alkyl halides is 3. The fraction of sp³-hybridized carbons (Fsp3) is 0.400. The minimum absolute atomic E-state index is 0.0532. The molecule has 0 aromatic heterocycles. The molecule has 1 rings (SSSR count). The summed E-state index contributed by atoms with van der Waals surface area (Å²) in [5.41, 5.74) is 0.472. The van der Waals surface area contributed by atoms with E-state index in [1.54, 1.807) is 19.1 Å². The summed E-state index contributed by atoms with van der Waals surface area (Å²) >= 11 is 0. The second-order valence-corrected chi connectivity index (χ2v) is 3.00. The third-order valence-corrected chi connectivity index (χ3v) is 2.04. The van der Waals surface area contributed by atoms with Gasteiger partial charge in [0.25, 0.3) is 0 Å². The lowest BCUT2D eigenvalue weighted by molar-refractivity contribution is -0.207. The average Bonchev–Trinajstić information content (AvgIpc) is 2.15. The van der Waals surface area contributed by atoms with Gasteiger partial charge in [-0.15, -0.1) is 0 Å². The second-order valence-electron chi connectivity index (χ2n) is 3.00. The number of rotatable bonds is 2. The Morgan fingerprint density at radius 1 is 1.29 bits per heavy atom. The smallest absolute Gasteiger partial charge is 0.379 e. The summed E-state index contributed by atoms with van der Waals surface area (Å²) in [6.07, 6.45) is -6.49. The van der Waals surface area contributed by atoms with Crippen molar-refractivity contribution in [2.24, 2.45) is 0 Å². The van der Waals surface area contributed by atoms with Crippen LogP contribution >= 0.6 is 0 Å². The zero-order chi connectivity index (χ0) is 10.8. The largest absolute Gasteiger partial charge is 0.418 e. The number of halogens is 3. The van der Waals surface area contributed by atoms with Crippen molar-refractivity contribution >= 4 is 0 Å². The first-order valence-electron chi connectivity index (χ1n) is 4.29. The van der Waals surface area contributed by atoms with Crippen LogP contribution in [0, 0.1) is 0 Å². The van der Waals surface area contributed by atoms with Crippen LogP contribution in [0.2, 0.25) is 0 Å². The summed E-state index contributed by atoms with van der Waals surface area (Å²) in [4.78, 5) is 0. The molecule has 1 N–H and O–H groups in total. The van der Waals surface area contributed by atoms with Gasteiger partial charge in [-0.05, 0) is 17.5 Å². The van der Waals surface area contributed by atoms with Gasteiger partial charge in [-0.1, -0.05) is 31.2 Å². The summed E-state index contributed by atoms with van der Waals surface area (Å²) < 4.78 is 36.6. The lowest BCUT2D eigenvalue weighted by atomic mass is 10.0. The van der Waals surface area contributed by atoms with E-state index < -0.39 is 12.3 Å². The summed E-state index contributed by atoms with van der Waals surface area (Å²) in [5, 5.41) is 9.04. The van der Waals surface area contributed by atoms with Gasteiger partial charge in [0.05, 0.1) is 0 Å². The summed E-state index contributed by atoms with van der Waals surface area (Å²) in [6.45, 7) is 1.75.